The van der Waals surface area contributed by atoms with Gasteiger partial charge in [0.1, 0.15) is 0 Å². The van der Waals surface area contributed by atoms with Gasteiger partial charge in [0, 0.05) is 27.5 Å². The first-order valence-electron chi connectivity index (χ1n) is 21.3. The van der Waals surface area contributed by atoms with Gasteiger partial charge in [-0.3, -0.25) is 0 Å². The monoisotopic (exact) mass is 778 g/mol. The van der Waals surface area contributed by atoms with Crippen molar-refractivity contribution in [3.05, 3.63) is 228 Å². The van der Waals surface area contributed by atoms with Crippen LogP contribution < -0.4 is 0 Å². The average molecular weight is 779 g/mol. The summed E-state index contributed by atoms with van der Waals surface area (Å²) in [6, 6.07) is 73.1. The van der Waals surface area contributed by atoms with Crippen LogP contribution in [0.5, 0.6) is 0 Å². The molecule has 0 N–H and O–H groups in total. The molecule has 12 rings (SSSR count). The Labute approximate surface area is 356 Å². The maximum atomic E-state index is 5.33. The van der Waals surface area contributed by atoms with Crippen LogP contribution in [0, 0.1) is 0 Å². The van der Waals surface area contributed by atoms with E-state index in [9.17, 15) is 0 Å². The molecule has 2 nitrogen and oxygen atoms in total. The quantitative estimate of drug-likeness (QED) is 0.174. The van der Waals surface area contributed by atoms with Gasteiger partial charge in [0.2, 0.25) is 0 Å². The van der Waals surface area contributed by atoms with E-state index in [1.165, 1.54) is 82.7 Å². The molecule has 10 aromatic rings. The van der Waals surface area contributed by atoms with E-state index < -0.39 is 0 Å². The lowest BCUT2D eigenvalue weighted by Crippen LogP contribution is -2.22. The van der Waals surface area contributed by atoms with Gasteiger partial charge in [-0.25, -0.2) is 9.97 Å². The number of hydrogen-bond acceptors (Lipinski definition) is 2. The zero-order valence-electron chi connectivity index (χ0n) is 34.4. The van der Waals surface area contributed by atoms with Gasteiger partial charge in [0.25, 0.3) is 0 Å². The Morgan fingerprint density at radius 3 is 1.77 bits per heavy atom. The van der Waals surface area contributed by atoms with E-state index in [4.69, 9.17) is 9.97 Å². The van der Waals surface area contributed by atoms with Gasteiger partial charge in [-0.1, -0.05) is 196 Å². The number of rotatable bonds is 5. The van der Waals surface area contributed by atoms with Crippen molar-refractivity contribution in [3.8, 4) is 67.3 Å². The Kier molecular flexibility index (Phi) is 7.74. The van der Waals surface area contributed by atoms with Crippen LogP contribution in [0.15, 0.2) is 200 Å². The lowest BCUT2D eigenvalue weighted by atomic mass is 9.74. The number of aromatic nitrogens is 2. The summed E-state index contributed by atoms with van der Waals surface area (Å²) in [5, 5.41) is 4.98. The first-order valence-corrected chi connectivity index (χ1v) is 21.3. The molecule has 2 aliphatic carbocycles. The fourth-order valence-corrected chi connectivity index (χ4v) is 10.6. The van der Waals surface area contributed by atoms with Crippen molar-refractivity contribution in [3.63, 3.8) is 0 Å². The van der Waals surface area contributed by atoms with Crippen LogP contribution in [-0.4, -0.2) is 9.97 Å². The van der Waals surface area contributed by atoms with E-state index in [1.807, 2.05) is 6.07 Å². The molecular weight excluding hydrogens is 737 g/mol. The van der Waals surface area contributed by atoms with Crippen LogP contribution >= 0.6 is 0 Å². The molecule has 1 heterocycles. The van der Waals surface area contributed by atoms with Gasteiger partial charge in [-0.2, -0.15) is 0 Å². The zero-order chi connectivity index (χ0) is 40.9. The van der Waals surface area contributed by atoms with Crippen molar-refractivity contribution in [1.82, 2.24) is 9.97 Å². The molecule has 2 heteroatoms. The fourth-order valence-electron chi connectivity index (χ4n) is 10.6. The second-order valence-electron chi connectivity index (χ2n) is 17.4. The van der Waals surface area contributed by atoms with Gasteiger partial charge >= 0.3 is 0 Å². The van der Waals surface area contributed by atoms with Crippen LogP contribution in [0.25, 0.3) is 88.8 Å². The van der Waals surface area contributed by atoms with Crippen LogP contribution in [0.1, 0.15) is 48.6 Å². The standard InChI is InChI=1S/C59H42N2/c1-58(2)52-33-27-37-16-10-11-21-43(37)56(52)48-29-26-39(35-53(48)58)42-30-31-47(45-23-13-12-22-44(42)45)55-36-54(60-57(61-55)38-17-6-4-7-18-38)40-28-32-51-49(34-40)46-24-14-15-25-50(46)59(51,3)41-19-8-5-9-20-41/h4-36H,1-3H3. The van der Waals surface area contributed by atoms with Crippen molar-refractivity contribution in [2.75, 3.05) is 0 Å². The summed E-state index contributed by atoms with van der Waals surface area (Å²) in [6.07, 6.45) is 0. The summed E-state index contributed by atoms with van der Waals surface area (Å²) in [6.45, 7) is 7.11. The third kappa shape index (κ3) is 5.28. The average Bonchev–Trinajstić information content (AvgIpc) is 3.72. The number of fused-ring (bicyclic) bond motifs is 9. The number of hydrogen-bond donors (Lipinski definition) is 0. The van der Waals surface area contributed by atoms with Gasteiger partial charge in [0.05, 0.1) is 11.4 Å². The number of benzene rings is 9. The van der Waals surface area contributed by atoms with Crippen molar-refractivity contribution >= 4 is 21.5 Å². The topological polar surface area (TPSA) is 25.8 Å². The van der Waals surface area contributed by atoms with E-state index in [0.717, 1.165) is 28.1 Å². The molecule has 0 spiro atoms. The maximum absolute atomic E-state index is 5.33. The van der Waals surface area contributed by atoms with Gasteiger partial charge in [-0.15, -0.1) is 0 Å². The summed E-state index contributed by atoms with van der Waals surface area (Å²) >= 11 is 0. The normalized spacial score (nSPS) is 15.7. The van der Waals surface area contributed by atoms with Crippen LogP contribution in [0.4, 0.5) is 0 Å². The van der Waals surface area contributed by atoms with E-state index >= 15 is 0 Å². The Balaban J connectivity index is 1.01. The highest BCUT2D eigenvalue weighted by atomic mass is 14.9. The lowest BCUT2D eigenvalue weighted by molar-refractivity contribution is 0.661. The first kappa shape index (κ1) is 35.5. The molecular formula is C59H42N2. The van der Waals surface area contributed by atoms with E-state index in [0.29, 0.717) is 5.82 Å². The minimum absolute atomic E-state index is 0.120. The largest absolute Gasteiger partial charge is 0.228 e. The van der Waals surface area contributed by atoms with Crippen molar-refractivity contribution in [1.29, 1.82) is 0 Å². The first-order chi connectivity index (χ1) is 29.9. The lowest BCUT2D eigenvalue weighted by Gasteiger charge is -2.28. The van der Waals surface area contributed by atoms with Crippen LogP contribution in [-0.2, 0) is 10.8 Å². The summed E-state index contributed by atoms with van der Waals surface area (Å²) in [4.78, 5) is 10.6. The van der Waals surface area contributed by atoms with Crippen molar-refractivity contribution < 1.29 is 0 Å². The molecule has 1 unspecified atom stereocenters. The van der Waals surface area contributed by atoms with Crippen molar-refractivity contribution in [2.24, 2.45) is 0 Å². The molecule has 288 valence electrons. The molecule has 61 heavy (non-hydrogen) atoms. The molecule has 0 fully saturated rings. The molecule has 0 radical (unpaired) electrons. The Hall–Kier alpha value is -7.42. The summed E-state index contributed by atoms with van der Waals surface area (Å²) in [7, 11) is 0. The third-order valence-corrected chi connectivity index (χ3v) is 13.8. The third-order valence-electron chi connectivity index (χ3n) is 13.8. The zero-order valence-corrected chi connectivity index (χ0v) is 34.4. The van der Waals surface area contributed by atoms with Crippen molar-refractivity contribution in [2.45, 2.75) is 31.6 Å². The second kappa shape index (κ2) is 13.3. The van der Waals surface area contributed by atoms with Crippen LogP contribution in [0.3, 0.4) is 0 Å². The molecule has 0 bridgehead atoms. The highest BCUT2D eigenvalue weighted by Gasteiger charge is 2.41. The minimum atomic E-state index is -0.259. The summed E-state index contributed by atoms with van der Waals surface area (Å²) < 4.78 is 0. The fraction of sp³-hybridized carbons (Fsp3) is 0.0847. The minimum Gasteiger partial charge on any atom is -0.228 e. The SMILES string of the molecule is CC1(C)c2cc(-c3ccc(-c4cc(-c5ccc6c(c5)-c5ccccc5C6(C)c5ccccc5)nc(-c5ccccc5)n4)c4ccccc34)ccc2-c2c1ccc1ccccc21. The van der Waals surface area contributed by atoms with E-state index in [1.54, 1.807) is 0 Å². The molecule has 2 aliphatic rings. The highest BCUT2D eigenvalue weighted by Crippen LogP contribution is 2.54. The summed E-state index contributed by atoms with van der Waals surface area (Å²) in [5.41, 5.74) is 19.0. The molecule has 0 saturated heterocycles. The smallest absolute Gasteiger partial charge is 0.160 e. The van der Waals surface area contributed by atoms with Gasteiger partial charge in [-0.05, 0) is 108 Å². The predicted octanol–water partition coefficient (Wildman–Crippen LogP) is 15.1. The molecule has 1 atom stereocenters. The number of nitrogens with zero attached hydrogens (tertiary/aromatic N) is 2. The summed E-state index contributed by atoms with van der Waals surface area (Å²) in [5.74, 6) is 0.712. The Morgan fingerprint density at radius 1 is 0.344 bits per heavy atom. The highest BCUT2D eigenvalue weighted by molar-refractivity contribution is 6.07. The van der Waals surface area contributed by atoms with E-state index in [-0.39, 0.29) is 10.8 Å². The molecule has 9 aromatic carbocycles. The predicted molar refractivity (Wildman–Crippen MR) is 254 cm³/mol. The molecule has 0 aliphatic heterocycles. The molecule has 0 amide bonds. The second-order valence-corrected chi connectivity index (χ2v) is 17.4. The van der Waals surface area contributed by atoms with Gasteiger partial charge < -0.3 is 0 Å². The Bertz CT molecular complexity index is 3400. The van der Waals surface area contributed by atoms with Gasteiger partial charge in [0.15, 0.2) is 5.82 Å². The maximum Gasteiger partial charge on any atom is 0.160 e. The Morgan fingerprint density at radius 2 is 0.951 bits per heavy atom. The molecule has 1 aromatic heterocycles. The van der Waals surface area contributed by atoms with E-state index in [2.05, 4.69) is 215 Å². The van der Waals surface area contributed by atoms with Crippen LogP contribution in [0.2, 0.25) is 0 Å². The molecule has 0 saturated carbocycles.